The quantitative estimate of drug-likeness (QED) is 0.475. The van der Waals surface area contributed by atoms with Crippen LogP contribution in [0, 0.1) is 11.8 Å². The van der Waals surface area contributed by atoms with Crippen LogP contribution in [0.1, 0.15) is 33.1 Å². The van der Waals surface area contributed by atoms with Gasteiger partial charge in [-0.05, 0) is 57.4 Å². The standard InChI is InChI=1S/C27H31ClN2O5S/c1-17(16-31)30-22-24(33)29(19-10-8-18(28)9-11-19)14-7-13-27(22)20(23(30)32)21-25(34)35-15-6-4-3-5-12-26(21,2)36-27/h5,7-13,17,20-22,31H,3-4,6,14-16H2,1-2H3/b12-5-/t17-,20+,21-,22?,26+,27+/m1/s1. The molecule has 7 nitrogen and oxygen atoms in total. The molecule has 6 atom stereocenters. The van der Waals surface area contributed by atoms with E-state index >= 15 is 0 Å². The molecule has 2 fully saturated rings. The van der Waals surface area contributed by atoms with E-state index in [2.05, 4.69) is 6.08 Å². The summed E-state index contributed by atoms with van der Waals surface area (Å²) in [5.41, 5.74) is 0.672. The van der Waals surface area contributed by atoms with E-state index in [9.17, 15) is 19.5 Å². The van der Waals surface area contributed by atoms with E-state index < -0.39 is 39.4 Å². The van der Waals surface area contributed by atoms with Crippen molar-refractivity contribution in [2.24, 2.45) is 11.8 Å². The first-order valence-corrected chi connectivity index (χ1v) is 13.6. The molecule has 1 aromatic carbocycles. The minimum Gasteiger partial charge on any atom is -0.465 e. The Morgan fingerprint density at radius 1 is 1.11 bits per heavy atom. The third-order valence-corrected chi connectivity index (χ3v) is 9.86. The van der Waals surface area contributed by atoms with Gasteiger partial charge in [0.25, 0.3) is 5.91 Å². The Labute approximate surface area is 220 Å². The maximum Gasteiger partial charge on any atom is 0.311 e. The Kier molecular flexibility index (Phi) is 6.72. The molecule has 2 amide bonds. The molecular weight excluding hydrogens is 500 g/mol. The van der Waals surface area contributed by atoms with E-state index in [1.807, 2.05) is 25.2 Å². The number of nitrogens with zero attached hydrogens (tertiary/aromatic N) is 2. The number of ether oxygens (including phenoxy) is 1. The Hall–Kier alpha value is -2.29. The Balaban J connectivity index is 1.65. The van der Waals surface area contributed by atoms with Crippen LogP contribution < -0.4 is 4.90 Å². The molecular formula is C27H31ClN2O5S. The molecule has 1 N–H and O–H groups in total. The van der Waals surface area contributed by atoms with E-state index in [0.717, 1.165) is 19.3 Å². The lowest BCUT2D eigenvalue weighted by molar-refractivity contribution is -0.154. The number of rotatable bonds is 3. The van der Waals surface area contributed by atoms with E-state index in [1.165, 1.54) is 16.7 Å². The van der Waals surface area contributed by atoms with Crippen LogP contribution in [-0.4, -0.2) is 69.1 Å². The minimum atomic E-state index is -0.977. The molecule has 0 saturated carbocycles. The van der Waals surface area contributed by atoms with Crippen LogP contribution >= 0.6 is 23.4 Å². The first-order chi connectivity index (χ1) is 17.2. The normalized spacial score (nSPS) is 36.0. The molecule has 192 valence electrons. The molecule has 5 rings (SSSR count). The number of carbonyl (C=O) groups excluding carboxylic acids is 3. The summed E-state index contributed by atoms with van der Waals surface area (Å²) in [4.78, 5) is 45.1. The number of amides is 2. The molecule has 36 heavy (non-hydrogen) atoms. The summed E-state index contributed by atoms with van der Waals surface area (Å²) in [6.45, 7) is 4.05. The first-order valence-electron chi connectivity index (χ1n) is 12.5. The zero-order valence-corrected chi connectivity index (χ0v) is 22.0. The fraction of sp³-hybridized carbons (Fsp3) is 0.519. The van der Waals surface area contributed by atoms with Gasteiger partial charge in [-0.15, -0.1) is 11.8 Å². The highest BCUT2D eigenvalue weighted by Gasteiger charge is 2.74. The SMILES string of the molecule is C[C@H](CO)N1C(=O)[C@@H]2[C@@H]3C(=O)OCCCC/C=C\[C@]3(C)S[C@@]23C=CCN(c2ccc(Cl)cc2)C(=O)C13. The summed E-state index contributed by atoms with van der Waals surface area (Å²) in [6.07, 6.45) is 10.5. The number of anilines is 1. The van der Waals surface area contributed by atoms with Gasteiger partial charge in [-0.2, -0.15) is 0 Å². The van der Waals surface area contributed by atoms with Crippen LogP contribution in [0.25, 0.3) is 0 Å². The summed E-state index contributed by atoms with van der Waals surface area (Å²) < 4.78 is 3.98. The highest BCUT2D eigenvalue weighted by molar-refractivity contribution is 8.02. The first kappa shape index (κ1) is 25.4. The maximum atomic E-state index is 14.3. The van der Waals surface area contributed by atoms with Crippen molar-refractivity contribution in [2.75, 3.05) is 24.7 Å². The predicted octanol–water partition coefficient (Wildman–Crippen LogP) is 3.59. The number of halogens is 1. The van der Waals surface area contributed by atoms with Crippen LogP contribution in [0.2, 0.25) is 5.02 Å². The molecule has 4 aliphatic heterocycles. The van der Waals surface area contributed by atoms with Gasteiger partial charge in [0.1, 0.15) is 6.04 Å². The van der Waals surface area contributed by atoms with Gasteiger partial charge in [0.15, 0.2) is 0 Å². The Morgan fingerprint density at radius 2 is 1.86 bits per heavy atom. The van der Waals surface area contributed by atoms with Crippen LogP contribution in [0.5, 0.6) is 0 Å². The highest BCUT2D eigenvalue weighted by atomic mass is 35.5. The van der Waals surface area contributed by atoms with Crippen molar-refractivity contribution in [3.05, 3.63) is 53.6 Å². The summed E-state index contributed by atoms with van der Waals surface area (Å²) in [5, 5.41) is 10.6. The largest absolute Gasteiger partial charge is 0.465 e. The lowest BCUT2D eigenvalue weighted by atomic mass is 9.74. The summed E-state index contributed by atoms with van der Waals surface area (Å²) >= 11 is 7.59. The monoisotopic (exact) mass is 530 g/mol. The van der Waals surface area contributed by atoms with E-state index in [-0.39, 0.29) is 18.4 Å². The molecule has 4 heterocycles. The molecule has 1 aromatic rings. The Morgan fingerprint density at radius 3 is 2.58 bits per heavy atom. The fourth-order valence-electron chi connectivity index (χ4n) is 6.15. The van der Waals surface area contributed by atoms with Crippen molar-refractivity contribution in [1.82, 2.24) is 4.90 Å². The number of aliphatic hydroxyl groups is 1. The second-order valence-corrected chi connectivity index (χ2v) is 12.4. The van der Waals surface area contributed by atoms with Crippen LogP contribution in [0.15, 0.2) is 48.6 Å². The summed E-state index contributed by atoms with van der Waals surface area (Å²) in [7, 11) is 0. The zero-order valence-electron chi connectivity index (χ0n) is 20.4. The molecule has 0 bridgehead atoms. The van der Waals surface area contributed by atoms with E-state index in [0.29, 0.717) is 23.9 Å². The lowest BCUT2D eigenvalue weighted by Gasteiger charge is -2.39. The van der Waals surface area contributed by atoms with Crippen LogP contribution in [0.3, 0.4) is 0 Å². The summed E-state index contributed by atoms with van der Waals surface area (Å²) in [5.74, 6) is -2.46. The molecule has 0 aliphatic carbocycles. The number of aliphatic hydroxyl groups excluding tert-OH is 1. The smallest absolute Gasteiger partial charge is 0.311 e. The van der Waals surface area contributed by atoms with Gasteiger partial charge < -0.3 is 19.6 Å². The van der Waals surface area contributed by atoms with Gasteiger partial charge in [0.05, 0.1) is 35.8 Å². The molecule has 2 saturated heterocycles. The number of thioether (sulfide) groups is 1. The van der Waals surface area contributed by atoms with Gasteiger partial charge in [-0.1, -0.05) is 35.9 Å². The van der Waals surface area contributed by atoms with E-state index in [1.54, 1.807) is 36.1 Å². The number of hydrogen-bond acceptors (Lipinski definition) is 6. The molecule has 0 aromatic heterocycles. The van der Waals surface area contributed by atoms with Gasteiger partial charge in [0.2, 0.25) is 5.91 Å². The van der Waals surface area contributed by atoms with Crippen molar-refractivity contribution in [3.63, 3.8) is 0 Å². The number of esters is 1. The van der Waals surface area contributed by atoms with Gasteiger partial charge in [-0.3, -0.25) is 14.4 Å². The van der Waals surface area contributed by atoms with Gasteiger partial charge in [0, 0.05) is 22.0 Å². The van der Waals surface area contributed by atoms with Gasteiger partial charge in [-0.25, -0.2) is 0 Å². The van der Waals surface area contributed by atoms with Crippen LogP contribution in [-0.2, 0) is 19.1 Å². The zero-order chi connectivity index (χ0) is 25.7. The number of likely N-dealkylation sites (tertiary alicyclic amines) is 1. The molecule has 1 unspecified atom stereocenters. The number of allylic oxidation sites excluding steroid dienone is 1. The summed E-state index contributed by atoms with van der Waals surface area (Å²) in [6, 6.07) is 5.54. The third-order valence-electron chi connectivity index (χ3n) is 7.82. The average molecular weight is 531 g/mol. The third kappa shape index (κ3) is 3.89. The van der Waals surface area contributed by atoms with E-state index in [4.69, 9.17) is 16.3 Å². The molecule has 1 spiro atoms. The number of fused-ring (bicyclic) bond motifs is 2. The maximum absolute atomic E-state index is 14.3. The van der Waals surface area contributed by atoms with Crippen molar-refractivity contribution < 1.29 is 24.2 Å². The second kappa shape index (κ2) is 9.54. The number of cyclic esters (lactones) is 1. The molecule has 0 radical (unpaired) electrons. The molecule has 4 aliphatic rings. The second-order valence-electron chi connectivity index (χ2n) is 10.2. The predicted molar refractivity (Wildman–Crippen MR) is 140 cm³/mol. The number of hydrogen-bond donors (Lipinski definition) is 1. The lowest BCUT2D eigenvalue weighted by Crippen LogP contribution is -2.56. The topological polar surface area (TPSA) is 87.2 Å². The average Bonchev–Trinajstić information content (AvgIpc) is 3.19. The van der Waals surface area contributed by atoms with Crippen molar-refractivity contribution >= 4 is 46.8 Å². The number of carbonyl (C=O) groups is 3. The highest BCUT2D eigenvalue weighted by Crippen LogP contribution is 2.65. The van der Waals surface area contributed by atoms with Crippen molar-refractivity contribution in [1.29, 1.82) is 0 Å². The minimum absolute atomic E-state index is 0.240. The number of benzene rings is 1. The fourth-order valence-corrected chi connectivity index (χ4v) is 8.42. The Bertz CT molecular complexity index is 1120. The van der Waals surface area contributed by atoms with Crippen molar-refractivity contribution in [3.8, 4) is 0 Å². The van der Waals surface area contributed by atoms with Gasteiger partial charge >= 0.3 is 5.97 Å². The van der Waals surface area contributed by atoms with Crippen LogP contribution in [0.4, 0.5) is 5.69 Å². The molecule has 9 heteroatoms. The van der Waals surface area contributed by atoms with Crippen molar-refractivity contribution in [2.45, 2.75) is 54.7 Å².